The van der Waals surface area contributed by atoms with E-state index in [0.29, 0.717) is 11.7 Å². The molecule has 1 saturated carbocycles. The molecule has 0 amide bonds. The third-order valence-corrected chi connectivity index (χ3v) is 3.42. The Kier molecular flexibility index (Phi) is 4.91. The van der Waals surface area contributed by atoms with Crippen LogP contribution in [-0.2, 0) is 15.5 Å². The Bertz CT molecular complexity index is 171. The Morgan fingerprint density at radius 3 is 2.85 bits per heavy atom. The molecule has 1 aliphatic rings. The normalized spacial score (nSPS) is 21.4. The molecule has 1 fully saturated rings. The standard InChI is InChI=1S/C9H19NO2S/c1-2-9(10)6-13(11)7-12-5-8-3-4-8/h8-9H,2-7,10H2,1H3. The van der Waals surface area contributed by atoms with Crippen LogP contribution in [0.4, 0.5) is 0 Å². The zero-order chi connectivity index (χ0) is 9.68. The van der Waals surface area contributed by atoms with Gasteiger partial charge in [0.2, 0.25) is 0 Å². The summed E-state index contributed by atoms with van der Waals surface area (Å²) in [5.41, 5.74) is 5.67. The van der Waals surface area contributed by atoms with Crippen molar-refractivity contribution in [1.82, 2.24) is 0 Å². The van der Waals surface area contributed by atoms with Crippen molar-refractivity contribution in [2.45, 2.75) is 32.2 Å². The van der Waals surface area contributed by atoms with E-state index in [4.69, 9.17) is 10.5 Å². The summed E-state index contributed by atoms with van der Waals surface area (Å²) in [6, 6.07) is 0.0605. The van der Waals surface area contributed by atoms with Gasteiger partial charge in [0.15, 0.2) is 0 Å². The molecule has 3 nitrogen and oxygen atoms in total. The summed E-state index contributed by atoms with van der Waals surface area (Å²) in [5.74, 6) is 1.68. The first-order valence-corrected chi connectivity index (χ1v) is 6.39. The predicted octanol–water partition coefficient (Wildman–Crippen LogP) is 0.856. The molecule has 13 heavy (non-hydrogen) atoms. The first-order valence-electron chi connectivity index (χ1n) is 4.90. The molecule has 1 rings (SSSR count). The van der Waals surface area contributed by atoms with Crippen LogP contribution in [0.25, 0.3) is 0 Å². The van der Waals surface area contributed by atoms with Crippen LogP contribution in [-0.4, -0.2) is 28.5 Å². The number of hydrogen-bond acceptors (Lipinski definition) is 3. The SMILES string of the molecule is CCC(N)CS(=O)COCC1CC1. The summed E-state index contributed by atoms with van der Waals surface area (Å²) in [5, 5.41) is 0. The van der Waals surface area contributed by atoms with Crippen LogP contribution in [0, 0.1) is 5.92 Å². The van der Waals surface area contributed by atoms with Gasteiger partial charge in [-0.2, -0.15) is 0 Å². The van der Waals surface area contributed by atoms with E-state index in [1.807, 2.05) is 6.92 Å². The topological polar surface area (TPSA) is 52.3 Å². The average molecular weight is 205 g/mol. The van der Waals surface area contributed by atoms with Gasteiger partial charge in [0.05, 0.1) is 6.61 Å². The van der Waals surface area contributed by atoms with Gasteiger partial charge in [0.25, 0.3) is 0 Å². The first-order chi connectivity index (χ1) is 6.22. The summed E-state index contributed by atoms with van der Waals surface area (Å²) in [7, 11) is -0.886. The Hall–Kier alpha value is 0.0700. The number of ether oxygens (including phenoxy) is 1. The molecule has 0 aromatic rings. The van der Waals surface area contributed by atoms with Crippen molar-refractivity contribution in [3.8, 4) is 0 Å². The molecular weight excluding hydrogens is 186 g/mol. The lowest BCUT2D eigenvalue weighted by molar-refractivity contribution is 0.168. The average Bonchev–Trinajstić information content (AvgIpc) is 2.88. The molecule has 0 radical (unpaired) electrons. The second-order valence-electron chi connectivity index (χ2n) is 3.71. The summed E-state index contributed by atoms with van der Waals surface area (Å²) in [6.45, 7) is 2.79. The second-order valence-corrected chi connectivity index (χ2v) is 5.16. The first kappa shape index (κ1) is 11.1. The molecule has 0 saturated heterocycles. The minimum Gasteiger partial charge on any atom is -0.368 e. The minimum absolute atomic E-state index is 0.0605. The van der Waals surface area contributed by atoms with E-state index in [9.17, 15) is 4.21 Å². The minimum atomic E-state index is -0.886. The highest BCUT2D eigenvalue weighted by molar-refractivity contribution is 7.84. The van der Waals surface area contributed by atoms with Gasteiger partial charge in [-0.15, -0.1) is 0 Å². The lowest BCUT2D eigenvalue weighted by Crippen LogP contribution is -2.27. The molecule has 78 valence electrons. The predicted molar refractivity (Wildman–Crippen MR) is 54.8 cm³/mol. The van der Waals surface area contributed by atoms with Crippen LogP contribution < -0.4 is 5.73 Å². The van der Waals surface area contributed by atoms with Crippen LogP contribution >= 0.6 is 0 Å². The van der Waals surface area contributed by atoms with Gasteiger partial charge in [0.1, 0.15) is 5.94 Å². The highest BCUT2D eigenvalue weighted by atomic mass is 32.2. The Balaban J connectivity index is 1.96. The zero-order valence-corrected chi connectivity index (χ0v) is 9.02. The van der Waals surface area contributed by atoms with Gasteiger partial charge in [-0.3, -0.25) is 4.21 Å². The zero-order valence-electron chi connectivity index (χ0n) is 8.20. The maximum atomic E-state index is 11.3. The van der Waals surface area contributed by atoms with Crippen LogP contribution in [0.3, 0.4) is 0 Å². The van der Waals surface area contributed by atoms with Crippen LogP contribution in [0.1, 0.15) is 26.2 Å². The van der Waals surface area contributed by atoms with Gasteiger partial charge in [-0.1, -0.05) is 6.92 Å². The molecule has 0 aromatic carbocycles. The van der Waals surface area contributed by atoms with Crippen molar-refractivity contribution in [3.63, 3.8) is 0 Å². The van der Waals surface area contributed by atoms with E-state index in [1.165, 1.54) is 12.8 Å². The number of nitrogens with two attached hydrogens (primary N) is 1. The highest BCUT2D eigenvalue weighted by Gasteiger charge is 2.21. The van der Waals surface area contributed by atoms with Crippen LogP contribution in [0.5, 0.6) is 0 Å². The van der Waals surface area contributed by atoms with E-state index in [-0.39, 0.29) is 6.04 Å². The maximum absolute atomic E-state index is 11.3. The van der Waals surface area contributed by atoms with E-state index in [0.717, 1.165) is 18.9 Å². The molecule has 0 heterocycles. The van der Waals surface area contributed by atoms with Gasteiger partial charge < -0.3 is 10.5 Å². The maximum Gasteiger partial charge on any atom is 0.122 e. The van der Waals surface area contributed by atoms with Gasteiger partial charge >= 0.3 is 0 Å². The Morgan fingerprint density at radius 2 is 2.31 bits per heavy atom. The molecule has 2 unspecified atom stereocenters. The largest absolute Gasteiger partial charge is 0.368 e. The molecule has 0 aliphatic heterocycles. The van der Waals surface area contributed by atoms with Gasteiger partial charge in [-0.05, 0) is 25.2 Å². The third kappa shape index (κ3) is 5.39. The van der Waals surface area contributed by atoms with Crippen molar-refractivity contribution >= 4 is 10.8 Å². The van der Waals surface area contributed by atoms with Gasteiger partial charge in [0, 0.05) is 22.6 Å². The Morgan fingerprint density at radius 1 is 1.62 bits per heavy atom. The summed E-state index contributed by atoms with van der Waals surface area (Å²) < 4.78 is 16.6. The fourth-order valence-electron chi connectivity index (χ4n) is 0.997. The lowest BCUT2D eigenvalue weighted by Gasteiger charge is -2.08. The fraction of sp³-hybridized carbons (Fsp3) is 1.00. The highest BCUT2D eigenvalue weighted by Crippen LogP contribution is 2.28. The number of rotatable bonds is 7. The molecule has 0 spiro atoms. The Labute approximate surface area is 82.5 Å². The smallest absolute Gasteiger partial charge is 0.122 e. The van der Waals surface area contributed by atoms with E-state index in [2.05, 4.69) is 0 Å². The van der Waals surface area contributed by atoms with E-state index in [1.54, 1.807) is 0 Å². The molecule has 2 N–H and O–H groups in total. The van der Waals surface area contributed by atoms with Crippen molar-refractivity contribution in [2.24, 2.45) is 11.7 Å². The van der Waals surface area contributed by atoms with Crippen molar-refractivity contribution in [1.29, 1.82) is 0 Å². The van der Waals surface area contributed by atoms with Crippen LogP contribution in [0.2, 0.25) is 0 Å². The third-order valence-electron chi connectivity index (χ3n) is 2.19. The van der Waals surface area contributed by atoms with Crippen molar-refractivity contribution in [3.05, 3.63) is 0 Å². The number of hydrogen-bond donors (Lipinski definition) is 1. The molecule has 4 heteroatoms. The molecule has 1 aliphatic carbocycles. The molecule has 0 aromatic heterocycles. The van der Waals surface area contributed by atoms with Crippen molar-refractivity contribution in [2.75, 3.05) is 18.3 Å². The summed E-state index contributed by atoms with van der Waals surface area (Å²) >= 11 is 0. The quantitative estimate of drug-likeness (QED) is 0.670. The molecular formula is C9H19NO2S. The molecule has 0 bridgehead atoms. The van der Waals surface area contributed by atoms with E-state index >= 15 is 0 Å². The fourth-order valence-corrected chi connectivity index (χ4v) is 2.09. The van der Waals surface area contributed by atoms with E-state index < -0.39 is 10.8 Å². The second kappa shape index (κ2) is 5.73. The monoisotopic (exact) mass is 205 g/mol. The van der Waals surface area contributed by atoms with Crippen LogP contribution in [0.15, 0.2) is 0 Å². The summed E-state index contributed by atoms with van der Waals surface area (Å²) in [6.07, 6.45) is 3.44. The van der Waals surface area contributed by atoms with Gasteiger partial charge in [-0.25, -0.2) is 0 Å². The molecule has 2 atom stereocenters. The summed E-state index contributed by atoms with van der Waals surface area (Å²) in [4.78, 5) is 0. The van der Waals surface area contributed by atoms with Crippen molar-refractivity contribution < 1.29 is 8.95 Å². The lowest BCUT2D eigenvalue weighted by atomic mass is 10.3.